The number of halogens is 1. The Kier molecular flexibility index (Phi) is 4.50. The van der Waals surface area contributed by atoms with Crippen molar-refractivity contribution in [1.82, 2.24) is 14.6 Å². The van der Waals surface area contributed by atoms with Gasteiger partial charge < -0.3 is 10.4 Å². The molecule has 1 aromatic carbocycles. The minimum absolute atomic E-state index is 0.154. The average molecular weight is 413 g/mol. The molecule has 0 amide bonds. The topological polar surface area (TPSA) is 62.5 Å². The summed E-state index contributed by atoms with van der Waals surface area (Å²) >= 11 is 7.93. The van der Waals surface area contributed by atoms with Crippen molar-refractivity contribution >= 4 is 44.5 Å². The first-order valence-corrected chi connectivity index (χ1v) is 10.8. The van der Waals surface area contributed by atoms with Crippen LogP contribution in [0.1, 0.15) is 31.2 Å². The summed E-state index contributed by atoms with van der Waals surface area (Å²) in [6.07, 6.45) is 5.36. The third-order valence-corrected chi connectivity index (χ3v) is 7.07. The molecule has 0 radical (unpaired) electrons. The number of thiophene rings is 1. The highest BCUT2D eigenvalue weighted by Crippen LogP contribution is 2.39. The second-order valence-electron chi connectivity index (χ2n) is 7.48. The van der Waals surface area contributed by atoms with Gasteiger partial charge in [-0.2, -0.15) is 0 Å². The van der Waals surface area contributed by atoms with Gasteiger partial charge in [-0.1, -0.05) is 11.6 Å². The van der Waals surface area contributed by atoms with Crippen molar-refractivity contribution in [2.24, 2.45) is 0 Å². The predicted octanol–water partition coefficient (Wildman–Crippen LogP) is 5.29. The second kappa shape index (κ2) is 7.03. The fourth-order valence-corrected chi connectivity index (χ4v) is 5.33. The number of aliphatic hydroxyl groups is 1. The average Bonchev–Trinajstić information content (AvgIpc) is 3.24. The zero-order valence-electron chi connectivity index (χ0n) is 15.5. The molecule has 144 valence electrons. The summed E-state index contributed by atoms with van der Waals surface area (Å²) in [5, 5.41) is 20.0. The number of aromatic nitrogens is 3. The number of fused-ring (bicyclic) bond motifs is 2. The van der Waals surface area contributed by atoms with Crippen molar-refractivity contribution in [2.45, 2.75) is 44.8 Å². The van der Waals surface area contributed by atoms with E-state index in [-0.39, 0.29) is 6.10 Å². The molecule has 0 saturated heterocycles. The number of benzene rings is 1. The highest BCUT2D eigenvalue weighted by atomic mass is 35.5. The molecule has 0 spiro atoms. The zero-order chi connectivity index (χ0) is 19.3. The van der Waals surface area contributed by atoms with E-state index in [1.54, 1.807) is 11.3 Å². The number of nitrogens with zero attached hydrogens (tertiary/aromatic N) is 3. The molecule has 5 rings (SSSR count). The zero-order valence-corrected chi connectivity index (χ0v) is 17.1. The number of hydrogen-bond acceptors (Lipinski definition) is 5. The van der Waals surface area contributed by atoms with Crippen LogP contribution in [0.5, 0.6) is 0 Å². The minimum atomic E-state index is -0.154. The number of hydrogen-bond donors (Lipinski definition) is 2. The molecular weight excluding hydrogens is 392 g/mol. The first-order valence-electron chi connectivity index (χ1n) is 9.57. The van der Waals surface area contributed by atoms with E-state index < -0.39 is 0 Å². The SMILES string of the molecule is Cc1c(-c2cnc3ccc(NC4CCC(O)CC4)nn23)sc2ccc(Cl)cc12. The normalized spacial score (nSPS) is 20.1. The van der Waals surface area contributed by atoms with Gasteiger partial charge in [-0.15, -0.1) is 16.4 Å². The van der Waals surface area contributed by atoms with Gasteiger partial charge in [-0.3, -0.25) is 0 Å². The Balaban J connectivity index is 1.53. The summed E-state index contributed by atoms with van der Waals surface area (Å²) in [6.45, 7) is 2.12. The summed E-state index contributed by atoms with van der Waals surface area (Å²) < 4.78 is 3.13. The van der Waals surface area contributed by atoms with Crippen LogP contribution in [0.2, 0.25) is 5.02 Å². The van der Waals surface area contributed by atoms with E-state index in [0.717, 1.165) is 52.7 Å². The lowest BCUT2D eigenvalue weighted by molar-refractivity contribution is 0.126. The van der Waals surface area contributed by atoms with Crippen LogP contribution in [0, 0.1) is 6.92 Å². The maximum Gasteiger partial charge on any atom is 0.154 e. The van der Waals surface area contributed by atoms with Crippen molar-refractivity contribution < 1.29 is 5.11 Å². The maximum atomic E-state index is 9.71. The monoisotopic (exact) mass is 412 g/mol. The van der Waals surface area contributed by atoms with Gasteiger partial charge in [0.15, 0.2) is 5.65 Å². The Morgan fingerprint density at radius 1 is 1.18 bits per heavy atom. The largest absolute Gasteiger partial charge is 0.393 e. The molecular formula is C21H21ClN4OS. The van der Waals surface area contributed by atoms with E-state index in [1.165, 1.54) is 15.6 Å². The summed E-state index contributed by atoms with van der Waals surface area (Å²) in [7, 11) is 0. The molecule has 1 saturated carbocycles. The second-order valence-corrected chi connectivity index (χ2v) is 8.97. The van der Waals surface area contributed by atoms with Gasteiger partial charge in [0.1, 0.15) is 11.5 Å². The summed E-state index contributed by atoms with van der Waals surface area (Å²) in [5.41, 5.74) is 3.02. The number of imidazole rings is 1. The summed E-state index contributed by atoms with van der Waals surface area (Å²) in [6, 6.07) is 10.4. The molecule has 0 bridgehead atoms. The Hall–Kier alpha value is -2.15. The Morgan fingerprint density at radius 3 is 2.82 bits per heavy atom. The van der Waals surface area contributed by atoms with Gasteiger partial charge in [-0.05, 0) is 73.9 Å². The van der Waals surface area contributed by atoms with Crippen LogP contribution in [-0.2, 0) is 0 Å². The lowest BCUT2D eigenvalue weighted by Crippen LogP contribution is -2.28. The fourth-order valence-electron chi connectivity index (χ4n) is 3.97. The molecule has 7 heteroatoms. The van der Waals surface area contributed by atoms with E-state index in [4.69, 9.17) is 16.7 Å². The Bertz CT molecular complexity index is 1160. The molecule has 1 aliphatic carbocycles. The van der Waals surface area contributed by atoms with Crippen LogP contribution >= 0.6 is 22.9 Å². The molecule has 28 heavy (non-hydrogen) atoms. The van der Waals surface area contributed by atoms with Gasteiger partial charge in [0.2, 0.25) is 0 Å². The lowest BCUT2D eigenvalue weighted by atomic mass is 9.93. The van der Waals surface area contributed by atoms with E-state index in [1.807, 2.05) is 35.0 Å². The van der Waals surface area contributed by atoms with Crippen LogP contribution < -0.4 is 5.32 Å². The Labute approximate surface area is 172 Å². The van der Waals surface area contributed by atoms with E-state index >= 15 is 0 Å². The molecule has 0 aliphatic heterocycles. The van der Waals surface area contributed by atoms with Crippen LogP contribution in [0.15, 0.2) is 36.5 Å². The van der Waals surface area contributed by atoms with Gasteiger partial charge in [0.25, 0.3) is 0 Å². The molecule has 3 aromatic heterocycles. The highest BCUT2D eigenvalue weighted by molar-refractivity contribution is 7.22. The molecule has 3 heterocycles. The van der Waals surface area contributed by atoms with Crippen molar-refractivity contribution in [3.05, 3.63) is 47.1 Å². The number of aliphatic hydroxyl groups excluding tert-OH is 1. The molecule has 1 fully saturated rings. The van der Waals surface area contributed by atoms with Gasteiger partial charge in [-0.25, -0.2) is 9.50 Å². The van der Waals surface area contributed by atoms with Crippen molar-refractivity contribution in [2.75, 3.05) is 5.32 Å². The van der Waals surface area contributed by atoms with Gasteiger partial charge in [0.05, 0.1) is 17.2 Å². The van der Waals surface area contributed by atoms with E-state index in [2.05, 4.69) is 23.3 Å². The third kappa shape index (κ3) is 3.15. The number of rotatable bonds is 3. The standard InChI is InChI=1S/C21H21ClN4OS/c1-12-16-10-13(22)2-7-18(16)28-21(12)17-11-23-20-9-8-19(25-26(17)20)24-14-3-5-15(27)6-4-14/h2,7-11,14-15,27H,3-6H2,1H3,(H,24,25). The first kappa shape index (κ1) is 17.9. The van der Waals surface area contributed by atoms with Crippen LogP contribution in [0.25, 0.3) is 26.3 Å². The lowest BCUT2D eigenvalue weighted by Gasteiger charge is -2.26. The van der Waals surface area contributed by atoms with E-state index in [9.17, 15) is 5.11 Å². The molecule has 0 unspecified atom stereocenters. The van der Waals surface area contributed by atoms with Gasteiger partial charge >= 0.3 is 0 Å². The van der Waals surface area contributed by atoms with E-state index in [0.29, 0.717) is 6.04 Å². The van der Waals surface area contributed by atoms with Crippen molar-refractivity contribution in [3.63, 3.8) is 0 Å². The predicted molar refractivity (Wildman–Crippen MR) is 115 cm³/mol. The van der Waals surface area contributed by atoms with Crippen LogP contribution in [0.4, 0.5) is 5.82 Å². The first-order chi connectivity index (χ1) is 13.6. The molecule has 0 atom stereocenters. The van der Waals surface area contributed by atoms with Crippen molar-refractivity contribution in [1.29, 1.82) is 0 Å². The molecule has 4 aromatic rings. The van der Waals surface area contributed by atoms with Gasteiger partial charge in [0, 0.05) is 15.8 Å². The summed E-state index contributed by atoms with van der Waals surface area (Å²) in [4.78, 5) is 5.70. The highest BCUT2D eigenvalue weighted by Gasteiger charge is 2.20. The number of anilines is 1. The fraction of sp³-hybridized carbons (Fsp3) is 0.333. The minimum Gasteiger partial charge on any atom is -0.393 e. The number of nitrogens with one attached hydrogen (secondary N) is 1. The molecule has 5 nitrogen and oxygen atoms in total. The number of aryl methyl sites for hydroxylation is 1. The smallest absolute Gasteiger partial charge is 0.154 e. The molecule has 2 N–H and O–H groups in total. The third-order valence-electron chi connectivity index (χ3n) is 5.54. The quantitative estimate of drug-likeness (QED) is 0.480. The van der Waals surface area contributed by atoms with Crippen LogP contribution in [0.3, 0.4) is 0 Å². The summed E-state index contributed by atoms with van der Waals surface area (Å²) in [5.74, 6) is 0.843. The van der Waals surface area contributed by atoms with Crippen molar-refractivity contribution in [3.8, 4) is 10.6 Å². The van der Waals surface area contributed by atoms with Crippen LogP contribution in [-0.4, -0.2) is 31.9 Å². The Morgan fingerprint density at radius 2 is 2.00 bits per heavy atom. The maximum absolute atomic E-state index is 9.71. The molecule has 1 aliphatic rings.